The molecular weight excluding hydrogens is 218 g/mol. The van der Waals surface area contributed by atoms with Gasteiger partial charge in [-0.25, -0.2) is 0 Å². The molecule has 0 aromatic heterocycles. The van der Waals surface area contributed by atoms with Crippen molar-refractivity contribution in [1.29, 1.82) is 0 Å². The van der Waals surface area contributed by atoms with Crippen LogP contribution in [0.4, 0.5) is 0 Å². The summed E-state index contributed by atoms with van der Waals surface area (Å²) in [6.45, 7) is 1.64. The Bertz CT molecular complexity index is 222. The molecule has 0 saturated heterocycles. The van der Waals surface area contributed by atoms with Crippen molar-refractivity contribution >= 4 is 23.7 Å². The lowest BCUT2D eigenvalue weighted by molar-refractivity contribution is -0.142. The molecule has 0 fully saturated rings. The van der Waals surface area contributed by atoms with Crippen molar-refractivity contribution in [2.75, 3.05) is 25.7 Å². The molecule has 0 aliphatic heterocycles. The summed E-state index contributed by atoms with van der Waals surface area (Å²) < 4.78 is 4.58. The van der Waals surface area contributed by atoms with E-state index < -0.39 is 11.9 Å². The van der Waals surface area contributed by atoms with Crippen molar-refractivity contribution in [1.82, 2.24) is 5.32 Å². The van der Waals surface area contributed by atoms with Crippen LogP contribution in [0.1, 0.15) is 6.92 Å². The van der Waals surface area contributed by atoms with E-state index in [2.05, 4.69) is 10.1 Å². The number of hydrogen-bond donors (Lipinski definition) is 2. The maximum Gasteiger partial charge on any atom is 0.323 e. The standard InChI is InChI=1S/C9H17NO4S/c1-6(8(11)12)4-15-5-7(10-2)9(13)14-3/h6-7,10H,4-5H2,1-3H3,(H,11,12). The number of carbonyl (C=O) groups excluding carboxylic acids is 1. The third kappa shape index (κ3) is 5.64. The number of methoxy groups -OCH3 is 1. The fourth-order valence-corrected chi connectivity index (χ4v) is 2.02. The molecule has 2 atom stereocenters. The molecular formula is C9H17NO4S. The largest absolute Gasteiger partial charge is 0.481 e. The zero-order valence-electron chi connectivity index (χ0n) is 9.15. The number of carboxylic acids is 1. The number of thioether (sulfide) groups is 1. The first kappa shape index (κ1) is 14.2. The van der Waals surface area contributed by atoms with Gasteiger partial charge < -0.3 is 15.2 Å². The number of carboxylic acid groups (broad SMARTS) is 1. The minimum Gasteiger partial charge on any atom is -0.481 e. The maximum atomic E-state index is 11.1. The molecule has 0 bridgehead atoms. The average molecular weight is 235 g/mol. The number of ether oxygens (including phenoxy) is 1. The lowest BCUT2D eigenvalue weighted by atomic mass is 10.2. The van der Waals surface area contributed by atoms with Crippen LogP contribution < -0.4 is 5.32 Å². The Morgan fingerprint density at radius 2 is 2.07 bits per heavy atom. The van der Waals surface area contributed by atoms with Gasteiger partial charge in [-0.2, -0.15) is 11.8 Å². The van der Waals surface area contributed by atoms with Crippen LogP contribution in [0.5, 0.6) is 0 Å². The van der Waals surface area contributed by atoms with E-state index in [1.807, 2.05) is 0 Å². The third-order valence-corrected chi connectivity index (χ3v) is 3.21. The molecule has 0 aliphatic rings. The second-order valence-electron chi connectivity index (χ2n) is 3.14. The van der Waals surface area contributed by atoms with E-state index in [1.54, 1.807) is 14.0 Å². The summed E-state index contributed by atoms with van der Waals surface area (Å²) in [5.41, 5.74) is 0. The summed E-state index contributed by atoms with van der Waals surface area (Å²) in [4.78, 5) is 21.7. The van der Waals surface area contributed by atoms with Crippen LogP contribution in [0, 0.1) is 5.92 Å². The van der Waals surface area contributed by atoms with Gasteiger partial charge in [-0.1, -0.05) is 6.92 Å². The normalized spacial score (nSPS) is 14.3. The molecule has 2 unspecified atom stereocenters. The summed E-state index contributed by atoms with van der Waals surface area (Å²) in [5, 5.41) is 11.5. The Labute approximate surface area is 93.6 Å². The van der Waals surface area contributed by atoms with Crippen LogP contribution in [0.25, 0.3) is 0 Å². The highest BCUT2D eigenvalue weighted by molar-refractivity contribution is 7.99. The third-order valence-electron chi connectivity index (χ3n) is 1.91. The molecule has 0 saturated carbocycles. The molecule has 0 aromatic carbocycles. The fourth-order valence-electron chi connectivity index (χ4n) is 0.845. The summed E-state index contributed by atoms with van der Waals surface area (Å²) in [6.07, 6.45) is 0. The Morgan fingerprint density at radius 1 is 1.47 bits per heavy atom. The van der Waals surface area contributed by atoms with Crippen LogP contribution in [0.3, 0.4) is 0 Å². The predicted octanol–water partition coefficient (Wildman–Crippen LogP) is 0.201. The van der Waals surface area contributed by atoms with Crippen molar-refractivity contribution in [3.8, 4) is 0 Å². The van der Waals surface area contributed by atoms with Crippen molar-refractivity contribution < 1.29 is 19.4 Å². The highest BCUT2D eigenvalue weighted by Gasteiger charge is 2.18. The van der Waals surface area contributed by atoms with E-state index in [0.717, 1.165) is 0 Å². The summed E-state index contributed by atoms with van der Waals surface area (Å²) in [7, 11) is 3.00. The number of carbonyl (C=O) groups is 2. The first-order valence-corrected chi connectivity index (χ1v) is 5.74. The van der Waals surface area contributed by atoms with Crippen LogP contribution in [-0.4, -0.2) is 48.8 Å². The second kappa shape index (κ2) is 7.53. The van der Waals surface area contributed by atoms with E-state index in [0.29, 0.717) is 11.5 Å². The number of aliphatic carboxylic acids is 1. The molecule has 0 spiro atoms. The van der Waals surface area contributed by atoms with Gasteiger partial charge in [0.2, 0.25) is 0 Å². The molecule has 2 N–H and O–H groups in total. The van der Waals surface area contributed by atoms with Gasteiger partial charge >= 0.3 is 11.9 Å². The van der Waals surface area contributed by atoms with Gasteiger partial charge in [0, 0.05) is 11.5 Å². The molecule has 88 valence electrons. The van der Waals surface area contributed by atoms with Crippen LogP contribution in [-0.2, 0) is 14.3 Å². The van der Waals surface area contributed by atoms with E-state index >= 15 is 0 Å². The van der Waals surface area contributed by atoms with Gasteiger partial charge in [-0.05, 0) is 7.05 Å². The maximum absolute atomic E-state index is 11.1. The van der Waals surface area contributed by atoms with E-state index in [-0.39, 0.29) is 12.0 Å². The highest BCUT2D eigenvalue weighted by Crippen LogP contribution is 2.10. The average Bonchev–Trinajstić information content (AvgIpc) is 2.22. The molecule has 0 heterocycles. The number of rotatable bonds is 7. The Kier molecular flexibility index (Phi) is 7.15. The van der Waals surface area contributed by atoms with Gasteiger partial charge in [-0.15, -0.1) is 0 Å². The molecule has 15 heavy (non-hydrogen) atoms. The lowest BCUT2D eigenvalue weighted by Gasteiger charge is -2.13. The van der Waals surface area contributed by atoms with Crippen LogP contribution in [0.15, 0.2) is 0 Å². The van der Waals surface area contributed by atoms with Crippen molar-refractivity contribution in [3.05, 3.63) is 0 Å². The van der Waals surface area contributed by atoms with Gasteiger partial charge in [-0.3, -0.25) is 9.59 Å². The van der Waals surface area contributed by atoms with E-state index in [9.17, 15) is 9.59 Å². The Morgan fingerprint density at radius 3 is 2.47 bits per heavy atom. The molecule has 0 aliphatic carbocycles. The summed E-state index contributed by atoms with van der Waals surface area (Å²) in [5.74, 6) is -0.537. The zero-order valence-corrected chi connectivity index (χ0v) is 9.97. The van der Waals surface area contributed by atoms with Gasteiger partial charge in [0.15, 0.2) is 0 Å². The topological polar surface area (TPSA) is 75.6 Å². The fraction of sp³-hybridized carbons (Fsp3) is 0.778. The number of hydrogen-bond acceptors (Lipinski definition) is 5. The predicted molar refractivity (Wildman–Crippen MR) is 59.0 cm³/mol. The second-order valence-corrected chi connectivity index (χ2v) is 4.22. The van der Waals surface area contributed by atoms with Gasteiger partial charge in [0.05, 0.1) is 13.0 Å². The quantitative estimate of drug-likeness (QED) is 0.614. The van der Waals surface area contributed by atoms with Gasteiger partial charge in [0.1, 0.15) is 6.04 Å². The van der Waals surface area contributed by atoms with Crippen molar-refractivity contribution in [2.24, 2.45) is 5.92 Å². The SMILES string of the molecule is CNC(CSCC(C)C(=O)O)C(=O)OC. The first-order chi connectivity index (χ1) is 7.02. The Balaban J connectivity index is 3.82. The molecule has 0 aromatic rings. The molecule has 0 rings (SSSR count). The molecule has 0 amide bonds. The molecule has 0 radical (unpaired) electrons. The first-order valence-electron chi connectivity index (χ1n) is 4.58. The highest BCUT2D eigenvalue weighted by atomic mass is 32.2. The Hall–Kier alpha value is -0.750. The number of nitrogens with one attached hydrogen (secondary N) is 1. The molecule has 6 heteroatoms. The van der Waals surface area contributed by atoms with Crippen LogP contribution in [0.2, 0.25) is 0 Å². The number of likely N-dealkylation sites (N-methyl/N-ethyl adjacent to an activating group) is 1. The minimum atomic E-state index is -0.818. The summed E-state index contributed by atoms with van der Waals surface area (Å²) in [6, 6.07) is -0.374. The summed E-state index contributed by atoms with van der Waals surface area (Å²) >= 11 is 1.42. The minimum absolute atomic E-state index is 0.326. The van der Waals surface area contributed by atoms with E-state index in [1.165, 1.54) is 18.9 Å². The molecule has 5 nitrogen and oxygen atoms in total. The van der Waals surface area contributed by atoms with E-state index in [4.69, 9.17) is 5.11 Å². The van der Waals surface area contributed by atoms with Crippen molar-refractivity contribution in [3.63, 3.8) is 0 Å². The van der Waals surface area contributed by atoms with Crippen LogP contribution >= 0.6 is 11.8 Å². The van der Waals surface area contributed by atoms with Gasteiger partial charge in [0.25, 0.3) is 0 Å². The lowest BCUT2D eigenvalue weighted by Crippen LogP contribution is -2.37. The smallest absolute Gasteiger partial charge is 0.323 e. The van der Waals surface area contributed by atoms with Crippen molar-refractivity contribution in [2.45, 2.75) is 13.0 Å². The zero-order chi connectivity index (χ0) is 11.8. The number of esters is 1. The monoisotopic (exact) mass is 235 g/mol.